The van der Waals surface area contributed by atoms with Gasteiger partial charge in [-0.3, -0.25) is 0 Å². The predicted molar refractivity (Wildman–Crippen MR) is 106 cm³/mol. The van der Waals surface area contributed by atoms with Crippen molar-refractivity contribution in [1.82, 2.24) is 14.4 Å². The van der Waals surface area contributed by atoms with Gasteiger partial charge >= 0.3 is 0 Å². The number of anilines is 1. The molecule has 7 nitrogen and oxygen atoms in total. The molecule has 0 amide bonds. The van der Waals surface area contributed by atoms with Crippen molar-refractivity contribution in [2.75, 3.05) is 18.8 Å². The highest BCUT2D eigenvalue weighted by atomic mass is 32.2. The molecule has 2 N–H and O–H groups in total. The van der Waals surface area contributed by atoms with Crippen LogP contribution in [0, 0.1) is 6.92 Å². The van der Waals surface area contributed by atoms with Crippen molar-refractivity contribution >= 4 is 15.7 Å². The van der Waals surface area contributed by atoms with E-state index in [4.69, 9.17) is 10.3 Å². The van der Waals surface area contributed by atoms with Gasteiger partial charge in [-0.15, -0.1) is 0 Å². The summed E-state index contributed by atoms with van der Waals surface area (Å²) in [4.78, 5) is 4.87. The van der Waals surface area contributed by atoms with Crippen LogP contribution < -0.4 is 5.73 Å². The molecule has 0 radical (unpaired) electrons. The SMILES string of the molecule is Cc1c(N)cccc1-c1noc(C2CCN(S(=O)(=O)c3ccccc3)CC2)n1. The maximum Gasteiger partial charge on any atom is 0.243 e. The second-order valence-corrected chi connectivity index (χ2v) is 8.91. The Morgan fingerprint density at radius 3 is 2.50 bits per heavy atom. The van der Waals surface area contributed by atoms with Crippen molar-refractivity contribution in [3.05, 3.63) is 60.0 Å². The second kappa shape index (κ2) is 7.37. The van der Waals surface area contributed by atoms with Crippen molar-refractivity contribution in [1.29, 1.82) is 0 Å². The second-order valence-electron chi connectivity index (χ2n) is 6.97. The first-order chi connectivity index (χ1) is 13.5. The number of nitrogens with two attached hydrogens (primary N) is 1. The average Bonchev–Trinajstić information content (AvgIpc) is 3.21. The van der Waals surface area contributed by atoms with Gasteiger partial charge in [0.15, 0.2) is 0 Å². The first-order valence-electron chi connectivity index (χ1n) is 9.21. The number of nitrogens with zero attached hydrogens (tertiary/aromatic N) is 3. The summed E-state index contributed by atoms with van der Waals surface area (Å²) in [5.74, 6) is 1.11. The number of hydrogen-bond acceptors (Lipinski definition) is 6. The van der Waals surface area contributed by atoms with Crippen LogP contribution in [0.25, 0.3) is 11.4 Å². The molecule has 1 aliphatic rings. The van der Waals surface area contributed by atoms with Gasteiger partial charge in [0.2, 0.25) is 21.7 Å². The molecule has 1 aliphatic heterocycles. The first kappa shape index (κ1) is 18.6. The number of rotatable bonds is 4. The van der Waals surface area contributed by atoms with E-state index in [1.54, 1.807) is 30.3 Å². The van der Waals surface area contributed by atoms with Crippen LogP contribution in [0.15, 0.2) is 57.9 Å². The number of benzene rings is 2. The number of sulfonamides is 1. The van der Waals surface area contributed by atoms with Crippen molar-refractivity contribution in [3.8, 4) is 11.4 Å². The quantitative estimate of drug-likeness (QED) is 0.677. The lowest BCUT2D eigenvalue weighted by Gasteiger charge is -2.29. The minimum atomic E-state index is -3.46. The highest BCUT2D eigenvalue weighted by molar-refractivity contribution is 7.89. The van der Waals surface area contributed by atoms with E-state index < -0.39 is 10.0 Å². The molecule has 3 aromatic rings. The Balaban J connectivity index is 1.48. The van der Waals surface area contributed by atoms with Gasteiger partial charge in [0.25, 0.3) is 0 Å². The lowest BCUT2D eigenvalue weighted by Crippen LogP contribution is -2.37. The molecule has 0 atom stereocenters. The van der Waals surface area contributed by atoms with Crippen LogP contribution in [0.1, 0.15) is 30.2 Å². The lowest BCUT2D eigenvalue weighted by atomic mass is 9.98. The highest BCUT2D eigenvalue weighted by Crippen LogP contribution is 2.32. The molecule has 1 saturated heterocycles. The summed E-state index contributed by atoms with van der Waals surface area (Å²) in [5, 5.41) is 4.11. The number of aromatic nitrogens is 2. The summed E-state index contributed by atoms with van der Waals surface area (Å²) in [6.07, 6.45) is 1.28. The zero-order valence-electron chi connectivity index (χ0n) is 15.6. The Morgan fingerprint density at radius 2 is 1.79 bits per heavy atom. The van der Waals surface area contributed by atoms with Crippen molar-refractivity contribution < 1.29 is 12.9 Å². The van der Waals surface area contributed by atoms with Gasteiger partial charge < -0.3 is 10.3 Å². The topological polar surface area (TPSA) is 102 Å². The predicted octanol–water partition coefficient (Wildman–Crippen LogP) is 3.20. The third-order valence-corrected chi connectivity index (χ3v) is 7.16. The van der Waals surface area contributed by atoms with E-state index in [0.717, 1.165) is 11.1 Å². The zero-order valence-corrected chi connectivity index (χ0v) is 16.4. The van der Waals surface area contributed by atoms with Crippen molar-refractivity contribution in [2.24, 2.45) is 0 Å². The summed E-state index contributed by atoms with van der Waals surface area (Å²) >= 11 is 0. The molecule has 0 unspecified atom stereocenters. The third kappa shape index (κ3) is 3.41. The van der Waals surface area contributed by atoms with Crippen LogP contribution in [-0.2, 0) is 10.0 Å². The summed E-state index contributed by atoms with van der Waals surface area (Å²) in [6.45, 7) is 2.78. The van der Waals surface area contributed by atoms with Gasteiger partial charge in [-0.1, -0.05) is 35.5 Å². The van der Waals surface area contributed by atoms with Gasteiger partial charge in [0.1, 0.15) is 0 Å². The van der Waals surface area contributed by atoms with Crippen LogP contribution in [0.5, 0.6) is 0 Å². The standard InChI is InChI=1S/C20H22N4O3S/c1-14-17(8-5-9-18(14)21)19-22-20(27-23-19)15-10-12-24(13-11-15)28(25,26)16-6-3-2-4-7-16/h2-9,15H,10-13,21H2,1H3. The Labute approximate surface area is 164 Å². The fraction of sp³-hybridized carbons (Fsp3) is 0.300. The van der Waals surface area contributed by atoms with Crippen LogP contribution in [0.4, 0.5) is 5.69 Å². The van der Waals surface area contributed by atoms with Gasteiger partial charge in [-0.25, -0.2) is 8.42 Å². The molecule has 0 bridgehead atoms. The molecule has 146 valence electrons. The Hall–Kier alpha value is -2.71. The molecule has 0 spiro atoms. The average molecular weight is 398 g/mol. The molecule has 1 aromatic heterocycles. The molecule has 2 aromatic carbocycles. The summed E-state index contributed by atoms with van der Waals surface area (Å²) in [7, 11) is -3.46. The summed E-state index contributed by atoms with van der Waals surface area (Å²) in [5.41, 5.74) is 8.41. The Bertz CT molecular complexity index is 1070. The highest BCUT2D eigenvalue weighted by Gasteiger charge is 2.32. The smallest absolute Gasteiger partial charge is 0.243 e. The molecule has 1 fully saturated rings. The number of piperidine rings is 1. The number of hydrogen-bond donors (Lipinski definition) is 1. The number of nitrogen functional groups attached to an aromatic ring is 1. The van der Waals surface area contributed by atoms with E-state index in [0.29, 0.717) is 48.2 Å². The van der Waals surface area contributed by atoms with E-state index in [-0.39, 0.29) is 5.92 Å². The Morgan fingerprint density at radius 1 is 1.07 bits per heavy atom. The van der Waals surface area contributed by atoms with E-state index in [1.807, 2.05) is 25.1 Å². The molecular formula is C20H22N4O3S. The molecule has 8 heteroatoms. The van der Waals surface area contributed by atoms with Crippen LogP contribution >= 0.6 is 0 Å². The van der Waals surface area contributed by atoms with E-state index >= 15 is 0 Å². The molecule has 0 saturated carbocycles. The summed E-state index contributed by atoms with van der Waals surface area (Å²) in [6, 6.07) is 14.1. The van der Waals surface area contributed by atoms with Crippen molar-refractivity contribution in [3.63, 3.8) is 0 Å². The Kier molecular flexibility index (Phi) is 4.91. The maximum absolute atomic E-state index is 12.8. The minimum absolute atomic E-state index is 0.0461. The molecular weight excluding hydrogens is 376 g/mol. The van der Waals surface area contributed by atoms with Crippen LogP contribution in [-0.4, -0.2) is 36.0 Å². The fourth-order valence-corrected chi connectivity index (χ4v) is 4.98. The summed E-state index contributed by atoms with van der Waals surface area (Å²) < 4.78 is 32.5. The van der Waals surface area contributed by atoms with Crippen LogP contribution in [0.3, 0.4) is 0 Å². The lowest BCUT2D eigenvalue weighted by molar-refractivity contribution is 0.271. The third-order valence-electron chi connectivity index (χ3n) is 5.24. The van der Waals surface area contributed by atoms with Gasteiger partial charge in [-0.05, 0) is 43.5 Å². The van der Waals surface area contributed by atoms with E-state index in [1.165, 1.54) is 4.31 Å². The van der Waals surface area contributed by atoms with Crippen molar-refractivity contribution in [2.45, 2.75) is 30.6 Å². The van der Waals surface area contributed by atoms with E-state index in [9.17, 15) is 8.42 Å². The molecule has 0 aliphatic carbocycles. The van der Waals surface area contributed by atoms with Crippen LogP contribution in [0.2, 0.25) is 0 Å². The monoisotopic (exact) mass is 398 g/mol. The molecule has 28 heavy (non-hydrogen) atoms. The maximum atomic E-state index is 12.8. The molecule has 4 rings (SSSR count). The fourth-order valence-electron chi connectivity index (χ4n) is 3.49. The van der Waals surface area contributed by atoms with Gasteiger partial charge in [0, 0.05) is 30.3 Å². The zero-order chi connectivity index (χ0) is 19.7. The largest absolute Gasteiger partial charge is 0.398 e. The minimum Gasteiger partial charge on any atom is -0.398 e. The normalized spacial score (nSPS) is 16.3. The van der Waals surface area contributed by atoms with Gasteiger partial charge in [0.05, 0.1) is 4.90 Å². The van der Waals surface area contributed by atoms with Gasteiger partial charge in [-0.2, -0.15) is 9.29 Å². The van der Waals surface area contributed by atoms with E-state index in [2.05, 4.69) is 10.1 Å². The molecule has 2 heterocycles. The first-order valence-corrected chi connectivity index (χ1v) is 10.6.